The molecular formula is C16H19NO2. The molecule has 1 saturated carbocycles. The monoisotopic (exact) mass is 257 g/mol. The smallest absolute Gasteiger partial charge is 0.258 e. The first-order valence-corrected chi connectivity index (χ1v) is 6.77. The van der Waals surface area contributed by atoms with Gasteiger partial charge in [0.15, 0.2) is 6.61 Å². The highest BCUT2D eigenvalue weighted by Gasteiger charge is 2.15. The zero-order valence-electron chi connectivity index (χ0n) is 11.0. The fraction of sp³-hybridized carbons (Fsp3) is 0.438. The molecule has 19 heavy (non-hydrogen) atoms. The average Bonchev–Trinajstić information content (AvgIpc) is 2.47. The molecule has 0 atom stereocenters. The number of carbonyl (C=O) groups excluding carboxylic acids is 1. The van der Waals surface area contributed by atoms with Crippen molar-refractivity contribution in [2.24, 2.45) is 0 Å². The van der Waals surface area contributed by atoms with Crippen molar-refractivity contribution in [3.05, 3.63) is 29.8 Å². The lowest BCUT2D eigenvalue weighted by Crippen LogP contribution is -2.38. The zero-order valence-corrected chi connectivity index (χ0v) is 11.0. The van der Waals surface area contributed by atoms with E-state index in [4.69, 9.17) is 11.2 Å². The van der Waals surface area contributed by atoms with Crippen molar-refractivity contribution < 1.29 is 9.53 Å². The van der Waals surface area contributed by atoms with Crippen LogP contribution in [0.1, 0.15) is 37.7 Å². The second-order valence-electron chi connectivity index (χ2n) is 4.86. The molecule has 1 aliphatic carbocycles. The normalized spacial score (nSPS) is 15.5. The van der Waals surface area contributed by atoms with Gasteiger partial charge in [-0.2, -0.15) is 0 Å². The Morgan fingerprint density at radius 3 is 2.58 bits per heavy atom. The Bertz CT molecular complexity index is 453. The molecule has 1 fully saturated rings. The molecule has 0 radical (unpaired) electrons. The molecule has 0 aromatic heterocycles. The van der Waals surface area contributed by atoms with Crippen LogP contribution in [0.25, 0.3) is 0 Å². The van der Waals surface area contributed by atoms with Gasteiger partial charge in [0.2, 0.25) is 0 Å². The number of hydrogen-bond donors (Lipinski definition) is 1. The van der Waals surface area contributed by atoms with E-state index in [1.165, 1.54) is 19.3 Å². The largest absolute Gasteiger partial charge is 0.484 e. The van der Waals surface area contributed by atoms with Crippen LogP contribution in [-0.4, -0.2) is 18.6 Å². The predicted molar refractivity (Wildman–Crippen MR) is 74.9 cm³/mol. The molecule has 2 rings (SSSR count). The van der Waals surface area contributed by atoms with Gasteiger partial charge in [-0.3, -0.25) is 4.79 Å². The minimum atomic E-state index is -0.0482. The van der Waals surface area contributed by atoms with Crippen LogP contribution in [0, 0.1) is 12.3 Å². The molecule has 0 aliphatic heterocycles. The molecule has 0 bridgehead atoms. The third kappa shape index (κ3) is 4.33. The van der Waals surface area contributed by atoms with E-state index in [9.17, 15) is 4.79 Å². The summed E-state index contributed by atoms with van der Waals surface area (Å²) >= 11 is 0. The van der Waals surface area contributed by atoms with E-state index in [0.717, 1.165) is 18.4 Å². The Morgan fingerprint density at radius 1 is 1.26 bits per heavy atom. The lowest BCUT2D eigenvalue weighted by Gasteiger charge is -2.22. The maximum atomic E-state index is 11.7. The van der Waals surface area contributed by atoms with Gasteiger partial charge in [-0.1, -0.05) is 25.2 Å². The van der Waals surface area contributed by atoms with E-state index in [2.05, 4.69) is 11.2 Å². The summed E-state index contributed by atoms with van der Waals surface area (Å²) in [7, 11) is 0. The lowest BCUT2D eigenvalue weighted by molar-refractivity contribution is -0.124. The van der Waals surface area contributed by atoms with Crippen LogP contribution in [-0.2, 0) is 4.79 Å². The highest BCUT2D eigenvalue weighted by molar-refractivity contribution is 5.77. The van der Waals surface area contributed by atoms with Crippen LogP contribution in [0.5, 0.6) is 5.75 Å². The summed E-state index contributed by atoms with van der Waals surface area (Å²) in [4.78, 5) is 11.7. The molecule has 1 N–H and O–H groups in total. The highest BCUT2D eigenvalue weighted by Crippen LogP contribution is 2.17. The summed E-state index contributed by atoms with van der Waals surface area (Å²) in [5.41, 5.74) is 0.805. The van der Waals surface area contributed by atoms with Gasteiger partial charge in [-0.25, -0.2) is 0 Å². The Hall–Kier alpha value is -1.95. The van der Waals surface area contributed by atoms with Crippen molar-refractivity contribution in [2.75, 3.05) is 6.61 Å². The third-order valence-electron chi connectivity index (χ3n) is 3.36. The van der Waals surface area contributed by atoms with Gasteiger partial charge >= 0.3 is 0 Å². The number of carbonyl (C=O) groups is 1. The number of hydrogen-bond acceptors (Lipinski definition) is 2. The van der Waals surface area contributed by atoms with Crippen molar-refractivity contribution >= 4 is 5.91 Å². The van der Waals surface area contributed by atoms with Gasteiger partial charge < -0.3 is 10.1 Å². The van der Waals surface area contributed by atoms with Crippen molar-refractivity contribution in [3.8, 4) is 18.1 Å². The minimum Gasteiger partial charge on any atom is -0.484 e. The molecule has 1 aliphatic rings. The Balaban J connectivity index is 1.74. The topological polar surface area (TPSA) is 38.3 Å². The SMILES string of the molecule is C#Cc1ccc(OCC(=O)NC2CCCCC2)cc1. The molecule has 1 aromatic rings. The van der Waals surface area contributed by atoms with Crippen LogP contribution in [0.15, 0.2) is 24.3 Å². The number of ether oxygens (including phenoxy) is 1. The molecule has 0 saturated heterocycles. The fourth-order valence-corrected chi connectivity index (χ4v) is 2.31. The summed E-state index contributed by atoms with van der Waals surface area (Å²) in [6.45, 7) is 0.0614. The van der Waals surface area contributed by atoms with Crippen LogP contribution in [0.2, 0.25) is 0 Å². The number of benzene rings is 1. The third-order valence-corrected chi connectivity index (χ3v) is 3.36. The molecule has 3 nitrogen and oxygen atoms in total. The number of nitrogens with one attached hydrogen (secondary N) is 1. The van der Waals surface area contributed by atoms with Crippen LogP contribution in [0.3, 0.4) is 0 Å². The van der Waals surface area contributed by atoms with Crippen LogP contribution in [0.4, 0.5) is 0 Å². The molecular weight excluding hydrogens is 238 g/mol. The molecule has 100 valence electrons. The van der Waals surface area contributed by atoms with Gasteiger partial charge in [0.05, 0.1) is 0 Å². The predicted octanol–water partition coefficient (Wildman–Crippen LogP) is 2.50. The summed E-state index contributed by atoms with van der Waals surface area (Å²) in [6, 6.07) is 7.49. The van der Waals surface area contributed by atoms with Gasteiger partial charge in [0, 0.05) is 11.6 Å². The van der Waals surface area contributed by atoms with E-state index in [0.29, 0.717) is 11.8 Å². The van der Waals surface area contributed by atoms with Crippen molar-refractivity contribution in [3.63, 3.8) is 0 Å². The maximum absolute atomic E-state index is 11.7. The Labute approximate surface area is 114 Å². The summed E-state index contributed by atoms with van der Waals surface area (Å²) < 4.78 is 5.43. The van der Waals surface area contributed by atoms with Crippen molar-refractivity contribution in [1.82, 2.24) is 5.32 Å². The van der Waals surface area contributed by atoms with Crippen molar-refractivity contribution in [1.29, 1.82) is 0 Å². The molecule has 0 spiro atoms. The summed E-state index contributed by atoms with van der Waals surface area (Å²) in [5, 5.41) is 3.02. The van der Waals surface area contributed by atoms with Crippen LogP contribution < -0.4 is 10.1 Å². The first kappa shape index (κ1) is 13.5. The van der Waals surface area contributed by atoms with Crippen molar-refractivity contribution in [2.45, 2.75) is 38.1 Å². The Kier molecular flexibility index (Phi) is 4.85. The molecule has 0 unspecified atom stereocenters. The van der Waals surface area contributed by atoms with Gasteiger partial charge in [-0.05, 0) is 37.1 Å². The van der Waals surface area contributed by atoms with Gasteiger partial charge in [0.1, 0.15) is 5.75 Å². The highest BCUT2D eigenvalue weighted by atomic mass is 16.5. The second kappa shape index (κ2) is 6.84. The van der Waals surface area contributed by atoms with Gasteiger partial charge in [0.25, 0.3) is 5.91 Å². The Morgan fingerprint density at radius 2 is 1.95 bits per heavy atom. The minimum absolute atomic E-state index is 0.0482. The summed E-state index contributed by atoms with van der Waals surface area (Å²) in [6.07, 6.45) is 11.1. The molecule has 0 heterocycles. The van der Waals surface area contributed by atoms with E-state index < -0.39 is 0 Å². The fourth-order valence-electron chi connectivity index (χ4n) is 2.31. The summed E-state index contributed by atoms with van der Waals surface area (Å²) in [5.74, 6) is 3.15. The van der Waals surface area contributed by atoms with E-state index >= 15 is 0 Å². The van der Waals surface area contributed by atoms with Crippen LogP contribution >= 0.6 is 0 Å². The van der Waals surface area contributed by atoms with E-state index in [1.807, 2.05) is 0 Å². The maximum Gasteiger partial charge on any atom is 0.258 e. The van der Waals surface area contributed by atoms with Gasteiger partial charge in [-0.15, -0.1) is 6.42 Å². The lowest BCUT2D eigenvalue weighted by atomic mass is 9.95. The molecule has 1 aromatic carbocycles. The first-order valence-electron chi connectivity index (χ1n) is 6.77. The standard InChI is InChI=1S/C16H19NO2/c1-2-13-8-10-15(11-9-13)19-12-16(18)17-14-6-4-3-5-7-14/h1,8-11,14H,3-7,12H2,(H,17,18). The number of rotatable bonds is 4. The average molecular weight is 257 g/mol. The molecule has 3 heteroatoms. The second-order valence-corrected chi connectivity index (χ2v) is 4.86. The molecule has 1 amide bonds. The zero-order chi connectivity index (χ0) is 13.5. The number of terminal acetylenes is 1. The van der Waals surface area contributed by atoms with E-state index in [-0.39, 0.29) is 12.5 Å². The van der Waals surface area contributed by atoms with E-state index in [1.54, 1.807) is 24.3 Å². The number of amides is 1. The first-order chi connectivity index (χ1) is 9.28. The quantitative estimate of drug-likeness (QED) is 0.842.